The fraction of sp³-hybridized carbons (Fsp3) is 0.536. The molecule has 34 heavy (non-hydrogen) atoms. The van der Waals surface area contributed by atoms with E-state index in [0.29, 0.717) is 18.4 Å². The molecular weight excluding hydrogens is 426 g/mol. The molecule has 182 valence electrons. The molecule has 0 aromatic heterocycles. The van der Waals surface area contributed by atoms with Gasteiger partial charge in [0.1, 0.15) is 5.60 Å². The van der Waals surface area contributed by atoms with E-state index in [1.165, 1.54) is 16.9 Å². The number of likely N-dealkylation sites (tertiary alicyclic amines) is 1. The van der Waals surface area contributed by atoms with E-state index in [1.807, 2.05) is 31.7 Å². The average Bonchev–Trinajstić information content (AvgIpc) is 3.52. The molecule has 6 nitrogen and oxygen atoms in total. The number of carbonyl (C=O) groups is 1. The van der Waals surface area contributed by atoms with Crippen molar-refractivity contribution in [1.29, 1.82) is 0 Å². The summed E-state index contributed by atoms with van der Waals surface area (Å²) in [5.41, 5.74) is 3.34. The van der Waals surface area contributed by atoms with Crippen LogP contribution >= 0.6 is 0 Å². The van der Waals surface area contributed by atoms with Crippen LogP contribution in [0.1, 0.15) is 32.8 Å². The molecule has 3 heterocycles. The third-order valence-electron chi connectivity index (χ3n) is 7.19. The molecule has 0 radical (unpaired) electrons. The molecule has 3 atom stereocenters. The summed E-state index contributed by atoms with van der Waals surface area (Å²) in [5, 5.41) is 0. The van der Waals surface area contributed by atoms with Crippen molar-refractivity contribution in [2.24, 2.45) is 11.8 Å². The molecule has 0 N–H and O–H groups in total. The van der Waals surface area contributed by atoms with Gasteiger partial charge in [-0.1, -0.05) is 30.3 Å². The van der Waals surface area contributed by atoms with E-state index >= 15 is 0 Å². The lowest BCUT2D eigenvalue weighted by atomic mass is 10.0. The zero-order valence-corrected chi connectivity index (χ0v) is 20.7. The van der Waals surface area contributed by atoms with E-state index in [9.17, 15) is 4.79 Å². The number of carbonyl (C=O) groups excluding carboxylic acids is 1. The highest BCUT2D eigenvalue weighted by Crippen LogP contribution is 2.35. The molecule has 3 fully saturated rings. The van der Waals surface area contributed by atoms with Crippen molar-refractivity contribution in [3.8, 4) is 0 Å². The average molecular weight is 464 g/mol. The first-order chi connectivity index (χ1) is 16.3. The van der Waals surface area contributed by atoms with Gasteiger partial charge < -0.3 is 24.2 Å². The van der Waals surface area contributed by atoms with Gasteiger partial charge in [0.15, 0.2) is 0 Å². The van der Waals surface area contributed by atoms with Crippen LogP contribution in [0.3, 0.4) is 0 Å². The molecule has 5 rings (SSSR count). The topological polar surface area (TPSA) is 45.2 Å². The fourth-order valence-corrected chi connectivity index (χ4v) is 5.44. The molecule has 0 bridgehead atoms. The molecule has 2 aromatic carbocycles. The summed E-state index contributed by atoms with van der Waals surface area (Å²) in [6.07, 6.45) is 1.18. The van der Waals surface area contributed by atoms with E-state index in [2.05, 4.69) is 58.3 Å². The Morgan fingerprint density at radius 1 is 0.853 bits per heavy atom. The van der Waals surface area contributed by atoms with Gasteiger partial charge in [-0.3, -0.25) is 0 Å². The number of anilines is 2. The van der Waals surface area contributed by atoms with Gasteiger partial charge in [0, 0.05) is 62.5 Å². The lowest BCUT2D eigenvalue weighted by molar-refractivity contribution is 0.0282. The molecule has 6 heteroatoms. The van der Waals surface area contributed by atoms with Crippen LogP contribution in [0, 0.1) is 11.8 Å². The Labute approximate surface area is 203 Å². The summed E-state index contributed by atoms with van der Waals surface area (Å²) < 4.78 is 11.7. The van der Waals surface area contributed by atoms with Crippen molar-refractivity contribution in [2.75, 3.05) is 49.1 Å². The third-order valence-corrected chi connectivity index (χ3v) is 7.19. The third kappa shape index (κ3) is 5.33. The van der Waals surface area contributed by atoms with E-state index in [0.717, 1.165) is 45.7 Å². The van der Waals surface area contributed by atoms with Crippen molar-refractivity contribution in [3.05, 3.63) is 60.2 Å². The number of rotatable bonds is 5. The van der Waals surface area contributed by atoms with Crippen LogP contribution in [-0.4, -0.2) is 62.0 Å². The molecular formula is C28H37N3O3. The van der Waals surface area contributed by atoms with Gasteiger partial charge in [0.25, 0.3) is 0 Å². The predicted molar refractivity (Wildman–Crippen MR) is 135 cm³/mol. The lowest BCUT2D eigenvalue weighted by Gasteiger charge is -2.27. The SMILES string of the molecule is CC(C)(C)OC(=O)N1C[C@@H]2CN(c3ccc(N4CC[C@@H](OCc5ccccc5)C4)cc3)C[C@@H]2C1. The molecule has 3 aliphatic heterocycles. The maximum atomic E-state index is 12.4. The van der Waals surface area contributed by atoms with Gasteiger partial charge in [0.2, 0.25) is 0 Å². The van der Waals surface area contributed by atoms with E-state index in [-0.39, 0.29) is 12.2 Å². The highest BCUT2D eigenvalue weighted by molar-refractivity contribution is 5.69. The van der Waals surface area contributed by atoms with Crippen LogP contribution < -0.4 is 9.80 Å². The van der Waals surface area contributed by atoms with Crippen molar-refractivity contribution in [1.82, 2.24) is 4.90 Å². The van der Waals surface area contributed by atoms with Gasteiger partial charge in [-0.05, 0) is 57.0 Å². The van der Waals surface area contributed by atoms with Crippen LogP contribution in [-0.2, 0) is 16.1 Å². The predicted octanol–water partition coefficient (Wildman–Crippen LogP) is 4.79. The zero-order valence-electron chi connectivity index (χ0n) is 20.7. The molecule has 0 aliphatic carbocycles. The van der Waals surface area contributed by atoms with Crippen LogP contribution in [0.25, 0.3) is 0 Å². The minimum absolute atomic E-state index is 0.172. The van der Waals surface area contributed by atoms with Crippen molar-refractivity contribution in [2.45, 2.75) is 45.5 Å². The minimum Gasteiger partial charge on any atom is -0.444 e. The molecule has 0 unspecified atom stereocenters. The molecule has 2 aromatic rings. The maximum Gasteiger partial charge on any atom is 0.410 e. The van der Waals surface area contributed by atoms with Crippen LogP contribution in [0.4, 0.5) is 16.2 Å². The Bertz CT molecular complexity index is 959. The number of ether oxygens (including phenoxy) is 2. The first-order valence-electron chi connectivity index (χ1n) is 12.6. The molecule has 0 spiro atoms. The highest BCUT2D eigenvalue weighted by atomic mass is 16.6. The lowest BCUT2D eigenvalue weighted by Crippen LogP contribution is -2.37. The van der Waals surface area contributed by atoms with E-state index in [1.54, 1.807) is 0 Å². The first-order valence-corrected chi connectivity index (χ1v) is 12.6. The normalized spacial score (nSPS) is 24.6. The fourth-order valence-electron chi connectivity index (χ4n) is 5.44. The Morgan fingerprint density at radius 2 is 1.47 bits per heavy atom. The Kier molecular flexibility index (Phi) is 6.43. The second kappa shape index (κ2) is 9.49. The van der Waals surface area contributed by atoms with Crippen molar-refractivity contribution in [3.63, 3.8) is 0 Å². The van der Waals surface area contributed by atoms with Crippen LogP contribution in [0.5, 0.6) is 0 Å². The second-order valence-electron chi connectivity index (χ2n) is 11.0. The number of fused-ring (bicyclic) bond motifs is 1. The number of nitrogens with zero attached hydrogens (tertiary/aromatic N) is 3. The quantitative estimate of drug-likeness (QED) is 0.638. The Balaban J connectivity index is 1.10. The van der Waals surface area contributed by atoms with Gasteiger partial charge in [-0.15, -0.1) is 0 Å². The molecule has 0 saturated carbocycles. The minimum atomic E-state index is -0.439. The summed E-state index contributed by atoms with van der Waals surface area (Å²) >= 11 is 0. The maximum absolute atomic E-state index is 12.4. The summed E-state index contributed by atoms with van der Waals surface area (Å²) in [7, 11) is 0. The van der Waals surface area contributed by atoms with Gasteiger partial charge in [0.05, 0.1) is 12.7 Å². The van der Waals surface area contributed by atoms with Crippen LogP contribution in [0.2, 0.25) is 0 Å². The summed E-state index contributed by atoms with van der Waals surface area (Å²) in [4.78, 5) is 19.2. The largest absolute Gasteiger partial charge is 0.444 e. The number of benzene rings is 2. The van der Waals surface area contributed by atoms with E-state index in [4.69, 9.17) is 9.47 Å². The summed E-state index contributed by atoms with van der Waals surface area (Å²) in [5.74, 6) is 1.04. The highest BCUT2D eigenvalue weighted by Gasteiger charge is 2.42. The number of amides is 1. The monoisotopic (exact) mass is 463 g/mol. The zero-order chi connectivity index (χ0) is 23.7. The molecule has 3 saturated heterocycles. The second-order valence-corrected chi connectivity index (χ2v) is 11.0. The van der Waals surface area contributed by atoms with Crippen LogP contribution in [0.15, 0.2) is 54.6 Å². The van der Waals surface area contributed by atoms with Gasteiger partial charge in [-0.25, -0.2) is 4.79 Å². The number of hydrogen-bond acceptors (Lipinski definition) is 5. The Morgan fingerprint density at radius 3 is 2.09 bits per heavy atom. The van der Waals surface area contributed by atoms with Gasteiger partial charge in [-0.2, -0.15) is 0 Å². The first kappa shape index (κ1) is 23.0. The van der Waals surface area contributed by atoms with Crippen molar-refractivity contribution >= 4 is 17.5 Å². The summed E-state index contributed by atoms with van der Waals surface area (Å²) in [6, 6.07) is 19.4. The molecule has 3 aliphatic rings. The van der Waals surface area contributed by atoms with Gasteiger partial charge >= 0.3 is 6.09 Å². The van der Waals surface area contributed by atoms with E-state index < -0.39 is 5.60 Å². The summed E-state index contributed by atoms with van der Waals surface area (Å²) in [6.45, 7) is 12.0. The Hall–Kier alpha value is -2.73. The smallest absolute Gasteiger partial charge is 0.410 e. The number of hydrogen-bond donors (Lipinski definition) is 0. The molecule has 1 amide bonds. The standard InChI is InChI=1S/C28H37N3O3/c1-28(2,3)34-27(32)31-17-22-15-30(16-23(22)18-31)25-11-9-24(10-12-25)29-14-13-26(19-29)33-20-21-7-5-4-6-8-21/h4-12,22-23,26H,13-20H2,1-3H3/t22-,23+,26-/m1/s1. The van der Waals surface area contributed by atoms with Crippen molar-refractivity contribution < 1.29 is 14.3 Å².